The van der Waals surface area contributed by atoms with E-state index in [4.69, 9.17) is 10.00 Å². The second-order valence-corrected chi connectivity index (χ2v) is 3.67. The lowest BCUT2D eigenvalue weighted by molar-refractivity contribution is 0.0187. The maximum Gasteiger partial charge on any atom is 0.0645 e. The van der Waals surface area contributed by atoms with E-state index in [1.54, 1.807) is 0 Å². The van der Waals surface area contributed by atoms with Crippen molar-refractivity contribution < 1.29 is 4.74 Å². The maximum atomic E-state index is 8.32. The lowest BCUT2D eigenvalue weighted by Gasteiger charge is -2.26. The van der Waals surface area contributed by atoms with Gasteiger partial charge in [0, 0.05) is 0 Å². The molecule has 1 saturated carbocycles. The topological polar surface area (TPSA) is 33.0 Å². The average molecular weight is 167 g/mol. The maximum absolute atomic E-state index is 8.32. The molecule has 2 heteroatoms. The van der Waals surface area contributed by atoms with Gasteiger partial charge in [-0.25, -0.2) is 0 Å². The summed E-state index contributed by atoms with van der Waals surface area (Å²) in [5, 5.41) is 8.32. The van der Waals surface area contributed by atoms with Gasteiger partial charge in [0.25, 0.3) is 0 Å². The minimum Gasteiger partial charge on any atom is -0.377 e. The molecule has 0 N–H and O–H groups in total. The molecule has 1 fully saturated rings. The van der Waals surface area contributed by atoms with Crippen molar-refractivity contribution in [3.8, 4) is 6.07 Å². The van der Waals surface area contributed by atoms with Crippen LogP contribution in [0.3, 0.4) is 0 Å². The van der Waals surface area contributed by atoms with Gasteiger partial charge in [0.2, 0.25) is 0 Å². The summed E-state index contributed by atoms with van der Waals surface area (Å²) in [5.74, 6) is 0.811. The highest BCUT2D eigenvalue weighted by molar-refractivity contribution is 4.72. The van der Waals surface area contributed by atoms with Crippen LogP contribution in [0.25, 0.3) is 0 Å². The molecule has 2 unspecified atom stereocenters. The molecule has 0 spiro atoms. The third-order valence-electron chi connectivity index (χ3n) is 2.46. The molecule has 2 atom stereocenters. The van der Waals surface area contributed by atoms with Crippen molar-refractivity contribution in [2.24, 2.45) is 5.92 Å². The van der Waals surface area contributed by atoms with E-state index in [2.05, 4.69) is 13.0 Å². The molecule has 68 valence electrons. The van der Waals surface area contributed by atoms with Crippen molar-refractivity contribution in [2.75, 3.05) is 6.61 Å². The van der Waals surface area contributed by atoms with Gasteiger partial charge in [0.1, 0.15) is 0 Å². The van der Waals surface area contributed by atoms with Gasteiger partial charge in [-0.1, -0.05) is 19.8 Å². The third kappa shape index (κ3) is 3.23. The molecule has 0 radical (unpaired) electrons. The van der Waals surface area contributed by atoms with E-state index in [-0.39, 0.29) is 0 Å². The third-order valence-corrected chi connectivity index (χ3v) is 2.46. The van der Waals surface area contributed by atoms with Crippen molar-refractivity contribution in [3.05, 3.63) is 0 Å². The van der Waals surface area contributed by atoms with Gasteiger partial charge >= 0.3 is 0 Å². The fourth-order valence-corrected chi connectivity index (χ4v) is 1.80. The van der Waals surface area contributed by atoms with Gasteiger partial charge in [-0.3, -0.25) is 0 Å². The summed E-state index contributed by atoms with van der Waals surface area (Å²) in [5.41, 5.74) is 0. The van der Waals surface area contributed by atoms with Crippen LogP contribution in [-0.4, -0.2) is 12.7 Å². The fourth-order valence-electron chi connectivity index (χ4n) is 1.80. The summed E-state index contributed by atoms with van der Waals surface area (Å²) in [6.45, 7) is 2.90. The van der Waals surface area contributed by atoms with Crippen molar-refractivity contribution in [1.29, 1.82) is 5.26 Å². The van der Waals surface area contributed by atoms with Gasteiger partial charge < -0.3 is 4.74 Å². The lowest BCUT2D eigenvalue weighted by Crippen LogP contribution is -2.21. The van der Waals surface area contributed by atoms with Crippen LogP contribution < -0.4 is 0 Å². The van der Waals surface area contributed by atoms with Crippen LogP contribution >= 0.6 is 0 Å². The molecule has 1 aliphatic rings. The largest absolute Gasteiger partial charge is 0.377 e. The Morgan fingerprint density at radius 3 is 3.00 bits per heavy atom. The number of ether oxygens (including phenoxy) is 1. The summed E-state index contributed by atoms with van der Waals surface area (Å²) in [4.78, 5) is 0. The highest BCUT2D eigenvalue weighted by Gasteiger charge is 2.18. The Morgan fingerprint density at radius 2 is 2.33 bits per heavy atom. The molecule has 0 amide bonds. The molecule has 0 saturated heterocycles. The highest BCUT2D eigenvalue weighted by atomic mass is 16.5. The van der Waals surface area contributed by atoms with Crippen LogP contribution in [0.1, 0.15) is 39.0 Å². The molecule has 1 aliphatic carbocycles. The van der Waals surface area contributed by atoms with Crippen LogP contribution in [-0.2, 0) is 4.74 Å². The summed E-state index contributed by atoms with van der Waals surface area (Å²) in [7, 11) is 0. The molecule has 2 nitrogen and oxygen atoms in total. The highest BCUT2D eigenvalue weighted by Crippen LogP contribution is 2.25. The molecule has 0 aromatic carbocycles. The normalized spacial score (nSPS) is 29.7. The summed E-state index contributed by atoms with van der Waals surface area (Å²) >= 11 is 0. The molecule has 0 bridgehead atoms. The minimum absolute atomic E-state index is 0.432. The molecule has 1 rings (SSSR count). The fraction of sp³-hybridized carbons (Fsp3) is 0.900. The molecule has 0 heterocycles. The van der Waals surface area contributed by atoms with E-state index < -0.39 is 0 Å². The quantitative estimate of drug-likeness (QED) is 0.605. The predicted octanol–water partition coefficient (Wildman–Crippen LogP) is 2.50. The first-order chi connectivity index (χ1) is 5.83. The Kier molecular flexibility index (Phi) is 4.10. The number of hydrogen-bond donors (Lipinski definition) is 0. The van der Waals surface area contributed by atoms with Crippen LogP contribution in [0.2, 0.25) is 0 Å². The SMILES string of the molecule is CC1CCCC(OCCC#N)C1. The molecule has 0 aliphatic heterocycles. The van der Waals surface area contributed by atoms with Crippen molar-refractivity contribution in [3.63, 3.8) is 0 Å². The van der Waals surface area contributed by atoms with Gasteiger partial charge in [-0.05, 0) is 18.8 Å². The Labute approximate surface area is 74.5 Å². The number of nitrogens with zero attached hydrogens (tertiary/aromatic N) is 1. The van der Waals surface area contributed by atoms with Crippen molar-refractivity contribution in [1.82, 2.24) is 0 Å². The summed E-state index contributed by atoms with van der Waals surface area (Å²) < 4.78 is 5.57. The zero-order chi connectivity index (χ0) is 8.81. The van der Waals surface area contributed by atoms with Gasteiger partial charge in [-0.2, -0.15) is 5.26 Å². The van der Waals surface area contributed by atoms with Gasteiger partial charge in [0.15, 0.2) is 0 Å². The average Bonchev–Trinajstić information content (AvgIpc) is 2.05. The second kappa shape index (κ2) is 5.16. The number of rotatable bonds is 3. The van der Waals surface area contributed by atoms with Crippen LogP contribution in [0.4, 0.5) is 0 Å². The van der Waals surface area contributed by atoms with E-state index in [1.807, 2.05) is 0 Å². The zero-order valence-corrected chi connectivity index (χ0v) is 7.75. The Balaban J connectivity index is 2.11. The summed E-state index contributed by atoms with van der Waals surface area (Å²) in [6.07, 6.45) is 5.98. The molecule has 12 heavy (non-hydrogen) atoms. The van der Waals surface area contributed by atoms with Crippen molar-refractivity contribution in [2.45, 2.75) is 45.1 Å². The smallest absolute Gasteiger partial charge is 0.0645 e. The molecular weight excluding hydrogens is 150 g/mol. The van der Waals surface area contributed by atoms with Crippen LogP contribution in [0.15, 0.2) is 0 Å². The Morgan fingerprint density at radius 1 is 1.50 bits per heavy atom. The standard InChI is InChI=1S/C10H17NO/c1-9-4-2-5-10(8-9)12-7-3-6-11/h9-10H,2-5,7-8H2,1H3. The monoisotopic (exact) mass is 167 g/mol. The van der Waals surface area contributed by atoms with E-state index in [1.165, 1.54) is 25.7 Å². The lowest BCUT2D eigenvalue weighted by atomic mass is 9.89. The molecule has 0 aromatic heterocycles. The Bertz CT molecular complexity index is 162. The van der Waals surface area contributed by atoms with Crippen molar-refractivity contribution >= 4 is 0 Å². The molecule has 0 aromatic rings. The van der Waals surface area contributed by atoms with E-state index in [9.17, 15) is 0 Å². The van der Waals surface area contributed by atoms with Crippen LogP contribution in [0, 0.1) is 17.2 Å². The Hall–Kier alpha value is -0.550. The van der Waals surface area contributed by atoms with E-state index in [0.717, 1.165) is 5.92 Å². The number of nitriles is 1. The molecular formula is C10H17NO. The van der Waals surface area contributed by atoms with Gasteiger partial charge in [0.05, 0.1) is 25.2 Å². The first-order valence-electron chi connectivity index (χ1n) is 4.81. The van der Waals surface area contributed by atoms with Gasteiger partial charge in [-0.15, -0.1) is 0 Å². The summed E-state index contributed by atoms with van der Waals surface area (Å²) in [6, 6.07) is 2.09. The zero-order valence-electron chi connectivity index (χ0n) is 7.75. The van der Waals surface area contributed by atoms with Crippen LogP contribution in [0.5, 0.6) is 0 Å². The van der Waals surface area contributed by atoms with E-state index in [0.29, 0.717) is 19.1 Å². The van der Waals surface area contributed by atoms with E-state index >= 15 is 0 Å². The second-order valence-electron chi connectivity index (χ2n) is 3.67. The predicted molar refractivity (Wildman–Crippen MR) is 47.6 cm³/mol. The minimum atomic E-state index is 0.432. The number of hydrogen-bond acceptors (Lipinski definition) is 2. The first kappa shape index (κ1) is 9.54. The first-order valence-corrected chi connectivity index (χ1v) is 4.81.